The molecule has 3 nitrogen and oxygen atoms in total. The summed E-state index contributed by atoms with van der Waals surface area (Å²) in [5.41, 5.74) is 1.85. The van der Waals surface area contributed by atoms with E-state index in [1.54, 1.807) is 18.5 Å². The summed E-state index contributed by atoms with van der Waals surface area (Å²) in [5, 5.41) is 3.90. The molecule has 0 fully saturated rings. The van der Waals surface area contributed by atoms with Gasteiger partial charge in [0.2, 0.25) is 0 Å². The van der Waals surface area contributed by atoms with Crippen LogP contribution in [0.1, 0.15) is 12.5 Å². The highest BCUT2D eigenvalue weighted by Gasteiger charge is 1.94. The average molecular weight is 176 g/mol. The van der Waals surface area contributed by atoms with E-state index in [0.717, 1.165) is 11.3 Å². The number of pyridine rings is 1. The van der Waals surface area contributed by atoms with Crippen LogP contribution in [-0.2, 0) is 4.84 Å². The van der Waals surface area contributed by atoms with Crippen molar-refractivity contribution in [1.29, 1.82) is 0 Å². The lowest BCUT2D eigenvalue weighted by molar-refractivity contribution is 0.175. The maximum absolute atomic E-state index is 4.95. The average Bonchev–Trinajstić information content (AvgIpc) is 2.19. The first kappa shape index (κ1) is 9.45. The summed E-state index contributed by atoms with van der Waals surface area (Å²) >= 11 is 0. The van der Waals surface area contributed by atoms with E-state index < -0.39 is 0 Å². The van der Waals surface area contributed by atoms with Crippen LogP contribution in [0.4, 0.5) is 0 Å². The molecule has 0 N–H and O–H groups in total. The van der Waals surface area contributed by atoms with Crippen molar-refractivity contribution < 1.29 is 4.84 Å². The molecule has 0 saturated carbocycles. The standard InChI is InChI=1S/C10H12N2O/c1-3-8-13-12-9(2)10-4-6-11-7-5-10/h3-7H,1,8H2,2H3/b12-9-. The predicted molar refractivity (Wildman–Crippen MR) is 52.6 cm³/mol. The van der Waals surface area contributed by atoms with Gasteiger partial charge < -0.3 is 4.84 Å². The quantitative estimate of drug-likeness (QED) is 0.304. The molecule has 68 valence electrons. The summed E-state index contributed by atoms with van der Waals surface area (Å²) in [5.74, 6) is 0. The van der Waals surface area contributed by atoms with Crippen LogP contribution >= 0.6 is 0 Å². The monoisotopic (exact) mass is 176 g/mol. The molecule has 0 bridgehead atoms. The van der Waals surface area contributed by atoms with Crippen molar-refractivity contribution in [2.75, 3.05) is 6.61 Å². The Morgan fingerprint density at radius 2 is 2.31 bits per heavy atom. The zero-order valence-corrected chi connectivity index (χ0v) is 7.60. The van der Waals surface area contributed by atoms with E-state index in [2.05, 4.69) is 16.7 Å². The molecule has 0 aliphatic heterocycles. The molecule has 0 spiro atoms. The molecule has 0 aliphatic carbocycles. The second-order valence-electron chi connectivity index (χ2n) is 2.50. The fourth-order valence-electron chi connectivity index (χ4n) is 0.833. The van der Waals surface area contributed by atoms with Crippen molar-refractivity contribution in [3.8, 4) is 0 Å². The summed E-state index contributed by atoms with van der Waals surface area (Å²) < 4.78 is 0. The minimum atomic E-state index is 0.433. The fourth-order valence-corrected chi connectivity index (χ4v) is 0.833. The highest BCUT2D eigenvalue weighted by molar-refractivity contribution is 5.98. The maximum atomic E-state index is 4.95. The molecule has 0 atom stereocenters. The second-order valence-corrected chi connectivity index (χ2v) is 2.50. The highest BCUT2D eigenvalue weighted by atomic mass is 16.6. The number of nitrogens with zero attached hydrogens (tertiary/aromatic N) is 2. The molecule has 0 unspecified atom stereocenters. The van der Waals surface area contributed by atoms with Crippen molar-refractivity contribution in [2.45, 2.75) is 6.92 Å². The van der Waals surface area contributed by atoms with E-state index in [1.165, 1.54) is 0 Å². The minimum absolute atomic E-state index is 0.433. The molecule has 0 aliphatic rings. The minimum Gasteiger partial charge on any atom is -0.391 e. The summed E-state index contributed by atoms with van der Waals surface area (Å²) in [4.78, 5) is 8.86. The molecule has 0 radical (unpaired) electrons. The lowest BCUT2D eigenvalue weighted by Gasteiger charge is -1.98. The second kappa shape index (κ2) is 5.09. The van der Waals surface area contributed by atoms with Crippen LogP contribution < -0.4 is 0 Å². The van der Waals surface area contributed by atoms with Gasteiger partial charge >= 0.3 is 0 Å². The molecule has 13 heavy (non-hydrogen) atoms. The zero-order valence-electron chi connectivity index (χ0n) is 7.60. The van der Waals surface area contributed by atoms with Crippen LogP contribution in [0.15, 0.2) is 42.3 Å². The molecular weight excluding hydrogens is 164 g/mol. The third-order valence-corrected chi connectivity index (χ3v) is 1.49. The van der Waals surface area contributed by atoms with Gasteiger partial charge in [-0.2, -0.15) is 0 Å². The molecule has 1 aromatic rings. The number of hydrogen-bond acceptors (Lipinski definition) is 3. The zero-order chi connectivity index (χ0) is 9.52. The van der Waals surface area contributed by atoms with Crippen LogP contribution in [0, 0.1) is 0 Å². The van der Waals surface area contributed by atoms with Gasteiger partial charge in [0.15, 0.2) is 0 Å². The van der Waals surface area contributed by atoms with Crippen molar-refractivity contribution >= 4 is 5.71 Å². The first-order chi connectivity index (χ1) is 6.34. The van der Waals surface area contributed by atoms with E-state index in [-0.39, 0.29) is 0 Å². The van der Waals surface area contributed by atoms with E-state index in [1.807, 2.05) is 19.1 Å². The summed E-state index contributed by atoms with van der Waals surface area (Å²) in [6.07, 6.45) is 5.10. The first-order valence-electron chi connectivity index (χ1n) is 4.02. The largest absolute Gasteiger partial charge is 0.391 e. The number of oxime groups is 1. The van der Waals surface area contributed by atoms with Gasteiger partial charge in [-0.25, -0.2) is 0 Å². The molecule has 0 amide bonds. The third-order valence-electron chi connectivity index (χ3n) is 1.49. The summed E-state index contributed by atoms with van der Waals surface area (Å²) in [6, 6.07) is 3.77. The highest BCUT2D eigenvalue weighted by Crippen LogP contribution is 1.98. The molecule has 0 saturated heterocycles. The molecule has 1 rings (SSSR count). The van der Waals surface area contributed by atoms with E-state index in [0.29, 0.717) is 6.61 Å². The summed E-state index contributed by atoms with van der Waals surface area (Å²) in [7, 11) is 0. The van der Waals surface area contributed by atoms with Crippen molar-refractivity contribution in [1.82, 2.24) is 4.98 Å². The Balaban J connectivity index is 2.62. The van der Waals surface area contributed by atoms with Gasteiger partial charge in [-0.3, -0.25) is 4.98 Å². The van der Waals surface area contributed by atoms with E-state index >= 15 is 0 Å². The van der Waals surface area contributed by atoms with Gasteiger partial charge in [0.05, 0.1) is 5.71 Å². The van der Waals surface area contributed by atoms with Gasteiger partial charge in [0.25, 0.3) is 0 Å². The smallest absolute Gasteiger partial charge is 0.135 e. The Morgan fingerprint density at radius 1 is 1.62 bits per heavy atom. The molecule has 3 heteroatoms. The molecular formula is C10H12N2O. The van der Waals surface area contributed by atoms with Crippen molar-refractivity contribution in [3.05, 3.63) is 42.7 Å². The van der Waals surface area contributed by atoms with Gasteiger partial charge in [0, 0.05) is 18.0 Å². The Hall–Kier alpha value is -1.64. The van der Waals surface area contributed by atoms with Gasteiger partial charge in [-0.05, 0) is 19.1 Å². The first-order valence-corrected chi connectivity index (χ1v) is 4.02. The lowest BCUT2D eigenvalue weighted by atomic mass is 10.2. The van der Waals surface area contributed by atoms with Crippen LogP contribution in [0.25, 0.3) is 0 Å². The molecule has 0 aromatic carbocycles. The van der Waals surface area contributed by atoms with Crippen molar-refractivity contribution in [2.24, 2.45) is 5.16 Å². The molecule has 1 aromatic heterocycles. The van der Waals surface area contributed by atoms with Crippen LogP contribution in [0.2, 0.25) is 0 Å². The third kappa shape index (κ3) is 3.07. The Kier molecular flexibility index (Phi) is 3.70. The Bertz CT molecular complexity index is 293. The topological polar surface area (TPSA) is 34.5 Å². The van der Waals surface area contributed by atoms with E-state index in [4.69, 9.17) is 4.84 Å². The van der Waals surface area contributed by atoms with Gasteiger partial charge in [-0.1, -0.05) is 17.8 Å². The van der Waals surface area contributed by atoms with Gasteiger partial charge in [-0.15, -0.1) is 0 Å². The predicted octanol–water partition coefficient (Wildman–Crippen LogP) is 2.01. The Labute approximate surface area is 77.7 Å². The van der Waals surface area contributed by atoms with Crippen LogP contribution in [0.3, 0.4) is 0 Å². The van der Waals surface area contributed by atoms with Crippen molar-refractivity contribution in [3.63, 3.8) is 0 Å². The number of hydrogen-bond donors (Lipinski definition) is 0. The van der Waals surface area contributed by atoms with Gasteiger partial charge in [0.1, 0.15) is 6.61 Å². The Morgan fingerprint density at radius 3 is 2.92 bits per heavy atom. The lowest BCUT2D eigenvalue weighted by Crippen LogP contribution is -1.96. The molecule has 1 heterocycles. The van der Waals surface area contributed by atoms with E-state index in [9.17, 15) is 0 Å². The fraction of sp³-hybridized carbons (Fsp3) is 0.200. The summed E-state index contributed by atoms with van der Waals surface area (Å²) in [6.45, 7) is 5.85. The number of rotatable bonds is 4. The van der Waals surface area contributed by atoms with Crippen LogP contribution in [-0.4, -0.2) is 17.3 Å². The van der Waals surface area contributed by atoms with Crippen LogP contribution in [0.5, 0.6) is 0 Å². The maximum Gasteiger partial charge on any atom is 0.135 e. The SMILES string of the molecule is C=CCO/N=C(/C)c1ccncc1. The normalized spacial score (nSPS) is 11.0. The number of aromatic nitrogens is 1.